The minimum absolute atomic E-state index is 0.0966. The van der Waals surface area contributed by atoms with E-state index in [-0.39, 0.29) is 6.10 Å². The first-order valence-corrected chi connectivity index (χ1v) is 6.11. The number of benzene rings is 1. The van der Waals surface area contributed by atoms with Crippen molar-refractivity contribution in [3.63, 3.8) is 0 Å². The number of hydrogen-bond acceptors (Lipinski definition) is 2. The van der Waals surface area contributed by atoms with E-state index in [1.165, 1.54) is 5.56 Å². The monoisotopic (exact) mass is 219 g/mol. The van der Waals surface area contributed by atoms with Crippen molar-refractivity contribution in [2.75, 3.05) is 0 Å². The molecular weight excluding hydrogens is 198 g/mol. The van der Waals surface area contributed by atoms with Crippen LogP contribution < -0.4 is 0 Å². The summed E-state index contributed by atoms with van der Waals surface area (Å²) in [6.45, 7) is 4.29. The van der Waals surface area contributed by atoms with E-state index in [4.69, 9.17) is 4.84 Å². The summed E-state index contributed by atoms with van der Waals surface area (Å²) < 4.78 is 0. The van der Waals surface area contributed by atoms with Crippen molar-refractivity contribution in [2.45, 2.75) is 45.6 Å². The summed E-state index contributed by atoms with van der Waals surface area (Å²) in [5.74, 6) is 0. The van der Waals surface area contributed by atoms with E-state index in [0.717, 1.165) is 25.7 Å². The third-order valence-corrected chi connectivity index (χ3v) is 2.40. The molecule has 0 saturated carbocycles. The van der Waals surface area contributed by atoms with Gasteiger partial charge in [-0.15, -0.1) is 0 Å². The zero-order valence-electron chi connectivity index (χ0n) is 10.2. The highest BCUT2D eigenvalue weighted by Crippen LogP contribution is 2.22. The van der Waals surface area contributed by atoms with E-state index in [1.54, 1.807) is 0 Å². The maximum Gasteiger partial charge on any atom is 0.152 e. The molecule has 0 aliphatic carbocycles. The summed E-state index contributed by atoms with van der Waals surface area (Å²) in [6, 6.07) is 10.3. The third-order valence-electron chi connectivity index (χ3n) is 2.40. The SMILES string of the molecule is CCC/C=N/O[C@@H](CCC)c1ccccc1. The highest BCUT2D eigenvalue weighted by molar-refractivity contribution is 5.55. The van der Waals surface area contributed by atoms with Crippen molar-refractivity contribution >= 4 is 6.21 Å². The molecule has 0 unspecified atom stereocenters. The summed E-state index contributed by atoms with van der Waals surface area (Å²) in [4.78, 5) is 5.54. The molecule has 16 heavy (non-hydrogen) atoms. The van der Waals surface area contributed by atoms with Crippen molar-refractivity contribution in [2.24, 2.45) is 5.16 Å². The highest BCUT2D eigenvalue weighted by atomic mass is 16.6. The summed E-state index contributed by atoms with van der Waals surface area (Å²) in [5.41, 5.74) is 1.21. The van der Waals surface area contributed by atoms with Gasteiger partial charge in [0, 0.05) is 6.21 Å². The largest absolute Gasteiger partial charge is 0.388 e. The van der Waals surface area contributed by atoms with Crippen molar-refractivity contribution in [1.29, 1.82) is 0 Å². The van der Waals surface area contributed by atoms with Crippen molar-refractivity contribution in [1.82, 2.24) is 0 Å². The fourth-order valence-electron chi connectivity index (χ4n) is 1.51. The zero-order valence-corrected chi connectivity index (χ0v) is 10.2. The van der Waals surface area contributed by atoms with Crippen LogP contribution in [-0.2, 0) is 4.84 Å². The molecule has 0 spiro atoms. The van der Waals surface area contributed by atoms with E-state index in [1.807, 2.05) is 24.4 Å². The smallest absolute Gasteiger partial charge is 0.152 e. The number of nitrogens with zero attached hydrogens (tertiary/aromatic N) is 1. The van der Waals surface area contributed by atoms with E-state index in [9.17, 15) is 0 Å². The average Bonchev–Trinajstić information content (AvgIpc) is 2.34. The van der Waals surface area contributed by atoms with Crippen LogP contribution in [0.25, 0.3) is 0 Å². The Balaban J connectivity index is 2.54. The lowest BCUT2D eigenvalue weighted by Gasteiger charge is -2.14. The molecule has 0 fully saturated rings. The van der Waals surface area contributed by atoms with Crippen molar-refractivity contribution < 1.29 is 4.84 Å². The summed E-state index contributed by atoms with van der Waals surface area (Å²) >= 11 is 0. The fourth-order valence-corrected chi connectivity index (χ4v) is 1.51. The molecule has 0 heterocycles. The highest BCUT2D eigenvalue weighted by Gasteiger charge is 2.10. The van der Waals surface area contributed by atoms with Gasteiger partial charge in [-0.05, 0) is 18.4 Å². The molecule has 0 amide bonds. The predicted octanol–water partition coefficient (Wildman–Crippen LogP) is 4.33. The van der Waals surface area contributed by atoms with E-state index >= 15 is 0 Å². The van der Waals surface area contributed by atoms with Crippen LogP contribution in [0.2, 0.25) is 0 Å². The van der Waals surface area contributed by atoms with Crippen LogP contribution >= 0.6 is 0 Å². The van der Waals surface area contributed by atoms with Crippen LogP contribution in [0.15, 0.2) is 35.5 Å². The zero-order chi connectivity index (χ0) is 11.6. The second-order valence-electron chi connectivity index (χ2n) is 3.87. The average molecular weight is 219 g/mol. The maximum atomic E-state index is 5.54. The fraction of sp³-hybridized carbons (Fsp3) is 0.500. The van der Waals surface area contributed by atoms with Gasteiger partial charge in [0.05, 0.1) is 0 Å². The molecule has 2 nitrogen and oxygen atoms in total. The molecule has 2 heteroatoms. The quantitative estimate of drug-likeness (QED) is 0.494. The predicted molar refractivity (Wildman–Crippen MR) is 68.6 cm³/mol. The van der Waals surface area contributed by atoms with E-state index in [2.05, 4.69) is 31.1 Å². The number of unbranched alkanes of at least 4 members (excludes halogenated alkanes) is 1. The van der Waals surface area contributed by atoms with Gasteiger partial charge in [0.2, 0.25) is 0 Å². The first kappa shape index (κ1) is 12.8. The first-order valence-electron chi connectivity index (χ1n) is 6.11. The molecule has 0 saturated heterocycles. The maximum absolute atomic E-state index is 5.54. The Morgan fingerprint density at radius 2 is 1.94 bits per heavy atom. The Morgan fingerprint density at radius 3 is 2.56 bits per heavy atom. The van der Waals surface area contributed by atoms with Crippen LogP contribution in [0.4, 0.5) is 0 Å². The van der Waals surface area contributed by atoms with Crippen LogP contribution in [-0.4, -0.2) is 6.21 Å². The minimum Gasteiger partial charge on any atom is -0.388 e. The van der Waals surface area contributed by atoms with Gasteiger partial charge in [-0.2, -0.15) is 0 Å². The number of oxime groups is 1. The lowest BCUT2D eigenvalue weighted by atomic mass is 10.1. The van der Waals surface area contributed by atoms with Gasteiger partial charge in [-0.25, -0.2) is 0 Å². The molecule has 1 aromatic carbocycles. The summed E-state index contributed by atoms with van der Waals surface area (Å²) in [7, 11) is 0. The summed E-state index contributed by atoms with van der Waals surface area (Å²) in [5, 5.41) is 4.03. The third kappa shape index (κ3) is 4.47. The van der Waals surface area contributed by atoms with Gasteiger partial charge >= 0.3 is 0 Å². The Bertz CT molecular complexity index is 295. The molecule has 0 aliphatic rings. The number of hydrogen-bond donors (Lipinski definition) is 0. The number of rotatable bonds is 7. The van der Waals surface area contributed by atoms with Crippen molar-refractivity contribution in [3.05, 3.63) is 35.9 Å². The second-order valence-corrected chi connectivity index (χ2v) is 3.87. The Morgan fingerprint density at radius 1 is 1.19 bits per heavy atom. The van der Waals surface area contributed by atoms with Crippen molar-refractivity contribution in [3.8, 4) is 0 Å². The minimum atomic E-state index is 0.0966. The van der Waals surface area contributed by atoms with Crippen LogP contribution in [0, 0.1) is 0 Å². The standard InChI is InChI=1S/C14H21NO/c1-3-5-12-15-16-14(9-4-2)13-10-7-6-8-11-13/h6-8,10-12,14H,3-5,9H2,1-2H3/b15-12+/t14-/m0/s1. The van der Waals surface area contributed by atoms with Gasteiger partial charge in [-0.3, -0.25) is 0 Å². The molecule has 1 atom stereocenters. The van der Waals surface area contributed by atoms with Crippen LogP contribution in [0.1, 0.15) is 51.2 Å². The molecular formula is C14H21NO. The topological polar surface area (TPSA) is 21.6 Å². The van der Waals surface area contributed by atoms with Gasteiger partial charge < -0.3 is 4.84 Å². The normalized spacial score (nSPS) is 12.9. The Labute approximate surface area is 98.3 Å². The molecule has 0 aromatic heterocycles. The van der Waals surface area contributed by atoms with Gasteiger partial charge in [0.15, 0.2) is 6.10 Å². The molecule has 1 aromatic rings. The van der Waals surface area contributed by atoms with Crippen LogP contribution in [0.5, 0.6) is 0 Å². The molecule has 0 radical (unpaired) electrons. The Kier molecular flexibility index (Phi) is 6.31. The van der Waals surface area contributed by atoms with Gasteiger partial charge in [0.1, 0.15) is 0 Å². The van der Waals surface area contributed by atoms with E-state index in [0.29, 0.717) is 0 Å². The molecule has 0 N–H and O–H groups in total. The Hall–Kier alpha value is -1.31. The molecule has 0 aliphatic heterocycles. The molecule has 1 rings (SSSR count). The first-order chi connectivity index (χ1) is 7.88. The van der Waals surface area contributed by atoms with Gasteiger partial charge in [0.25, 0.3) is 0 Å². The lowest BCUT2D eigenvalue weighted by molar-refractivity contribution is 0.0523. The lowest BCUT2D eigenvalue weighted by Crippen LogP contribution is -2.00. The summed E-state index contributed by atoms with van der Waals surface area (Å²) in [6.07, 6.45) is 6.14. The molecule has 88 valence electrons. The van der Waals surface area contributed by atoms with Gasteiger partial charge in [-0.1, -0.05) is 62.2 Å². The second kappa shape index (κ2) is 7.91. The van der Waals surface area contributed by atoms with E-state index < -0.39 is 0 Å². The molecule has 0 bridgehead atoms. The van der Waals surface area contributed by atoms with Crippen LogP contribution in [0.3, 0.4) is 0 Å².